The summed E-state index contributed by atoms with van der Waals surface area (Å²) < 4.78 is 33.9. The number of sulfonamides is 1. The molecule has 1 fully saturated rings. The molecule has 1 unspecified atom stereocenters. The van der Waals surface area contributed by atoms with Gasteiger partial charge in [0.05, 0.1) is 4.90 Å². The molecule has 33 heavy (non-hydrogen) atoms. The highest BCUT2D eigenvalue weighted by Crippen LogP contribution is 2.26. The fourth-order valence-corrected chi connectivity index (χ4v) is 6.49. The average molecular weight is 469 g/mol. The van der Waals surface area contributed by atoms with Crippen molar-refractivity contribution in [3.05, 3.63) is 71.3 Å². The first-order chi connectivity index (χ1) is 15.7. The molecule has 1 aliphatic heterocycles. The minimum Gasteiger partial charge on any atom is -0.491 e. The van der Waals surface area contributed by atoms with Gasteiger partial charge in [-0.15, -0.1) is 0 Å². The molecular weight excluding hydrogens is 436 g/mol. The van der Waals surface area contributed by atoms with E-state index >= 15 is 0 Å². The highest BCUT2D eigenvalue weighted by atomic mass is 32.2. The molecule has 0 spiro atoms. The number of aliphatic hydroxyl groups excluding tert-OH is 1. The van der Waals surface area contributed by atoms with Gasteiger partial charge in [-0.1, -0.05) is 48.0 Å². The molecule has 1 saturated heterocycles. The second-order valence-electron chi connectivity index (χ2n) is 8.91. The summed E-state index contributed by atoms with van der Waals surface area (Å²) in [6.07, 6.45) is -0.652. The van der Waals surface area contributed by atoms with E-state index in [0.717, 1.165) is 33.2 Å². The molecule has 0 aromatic heterocycles. The van der Waals surface area contributed by atoms with Crippen LogP contribution in [-0.4, -0.2) is 68.2 Å². The molecule has 1 heterocycles. The molecule has 1 N–H and O–H groups in total. The lowest BCUT2D eigenvalue weighted by atomic mass is 10.1. The Hall–Kier alpha value is -2.45. The maximum Gasteiger partial charge on any atom is 0.243 e. The van der Waals surface area contributed by atoms with Crippen LogP contribution in [-0.2, 0) is 10.0 Å². The molecule has 3 aromatic carbocycles. The Morgan fingerprint density at radius 2 is 1.55 bits per heavy atom. The molecule has 0 radical (unpaired) electrons. The Labute approximate surface area is 196 Å². The van der Waals surface area contributed by atoms with Gasteiger partial charge < -0.3 is 9.84 Å². The molecule has 0 bridgehead atoms. The summed E-state index contributed by atoms with van der Waals surface area (Å²) in [5, 5.41) is 12.7. The van der Waals surface area contributed by atoms with E-state index in [2.05, 4.69) is 11.0 Å². The van der Waals surface area contributed by atoms with Crippen molar-refractivity contribution < 1.29 is 18.3 Å². The van der Waals surface area contributed by atoms with Gasteiger partial charge >= 0.3 is 0 Å². The Morgan fingerprint density at radius 3 is 2.21 bits per heavy atom. The fourth-order valence-electron chi connectivity index (χ4n) is 4.66. The van der Waals surface area contributed by atoms with Gasteiger partial charge in [0, 0.05) is 32.7 Å². The van der Waals surface area contributed by atoms with Gasteiger partial charge in [0.15, 0.2) is 0 Å². The van der Waals surface area contributed by atoms with Gasteiger partial charge in [-0.05, 0) is 54.8 Å². The van der Waals surface area contributed by atoms with Crippen LogP contribution >= 0.6 is 0 Å². The quantitative estimate of drug-likeness (QED) is 0.575. The third kappa shape index (κ3) is 5.38. The first-order valence-corrected chi connectivity index (χ1v) is 12.8. The van der Waals surface area contributed by atoms with Crippen molar-refractivity contribution in [2.24, 2.45) is 0 Å². The van der Waals surface area contributed by atoms with Crippen molar-refractivity contribution in [2.75, 3.05) is 39.3 Å². The number of hydrogen-bond acceptors (Lipinski definition) is 5. The summed E-state index contributed by atoms with van der Waals surface area (Å²) in [6, 6.07) is 17.8. The highest BCUT2D eigenvalue weighted by molar-refractivity contribution is 7.89. The summed E-state index contributed by atoms with van der Waals surface area (Å²) in [5.74, 6) is 0.729. The maximum atomic E-state index is 13.3. The Kier molecular flexibility index (Phi) is 7.05. The fraction of sp³-hybridized carbons (Fsp3) is 0.385. The van der Waals surface area contributed by atoms with Gasteiger partial charge in [0.2, 0.25) is 10.0 Å². The maximum absolute atomic E-state index is 13.3. The molecule has 0 aliphatic carbocycles. The number of ether oxygens (including phenoxy) is 1. The molecule has 4 rings (SSSR count). The van der Waals surface area contributed by atoms with Crippen LogP contribution in [0.15, 0.2) is 59.5 Å². The minimum absolute atomic E-state index is 0.193. The predicted molar refractivity (Wildman–Crippen MR) is 131 cm³/mol. The lowest BCUT2D eigenvalue weighted by Crippen LogP contribution is -2.51. The van der Waals surface area contributed by atoms with Crippen molar-refractivity contribution in [1.82, 2.24) is 9.21 Å². The van der Waals surface area contributed by atoms with Gasteiger partial charge in [0.1, 0.15) is 18.5 Å². The normalized spacial score (nSPS) is 16.7. The zero-order valence-corrected chi connectivity index (χ0v) is 20.3. The van der Waals surface area contributed by atoms with E-state index < -0.39 is 16.1 Å². The zero-order chi connectivity index (χ0) is 23.6. The highest BCUT2D eigenvalue weighted by Gasteiger charge is 2.31. The van der Waals surface area contributed by atoms with E-state index in [9.17, 15) is 13.5 Å². The van der Waals surface area contributed by atoms with E-state index in [1.54, 1.807) is 4.31 Å². The molecule has 1 aliphatic rings. The van der Waals surface area contributed by atoms with Gasteiger partial charge in [-0.3, -0.25) is 4.90 Å². The second-order valence-corrected chi connectivity index (χ2v) is 10.8. The summed E-state index contributed by atoms with van der Waals surface area (Å²) in [4.78, 5) is 2.51. The van der Waals surface area contributed by atoms with E-state index in [1.807, 2.05) is 69.3 Å². The number of aliphatic hydroxyl groups is 1. The SMILES string of the molecule is Cc1cc(C)c(S(=O)(=O)N2CCN(CC(O)COc3ccc4ccccc4c3)CC2)c(C)c1. The smallest absolute Gasteiger partial charge is 0.243 e. The second kappa shape index (κ2) is 9.81. The predicted octanol–water partition coefficient (Wildman–Crippen LogP) is 3.51. The van der Waals surface area contributed by atoms with Crippen molar-refractivity contribution in [3.8, 4) is 5.75 Å². The third-order valence-electron chi connectivity index (χ3n) is 6.17. The van der Waals surface area contributed by atoms with E-state index in [4.69, 9.17) is 4.74 Å². The number of benzene rings is 3. The number of nitrogens with zero attached hydrogens (tertiary/aromatic N) is 2. The van der Waals surface area contributed by atoms with Crippen molar-refractivity contribution in [2.45, 2.75) is 31.8 Å². The molecule has 0 amide bonds. The van der Waals surface area contributed by atoms with Crippen LogP contribution in [0.3, 0.4) is 0 Å². The molecular formula is C26H32N2O4S. The van der Waals surface area contributed by atoms with Crippen LogP contribution in [0, 0.1) is 20.8 Å². The number of piperazine rings is 1. The van der Waals surface area contributed by atoms with Crippen molar-refractivity contribution >= 4 is 20.8 Å². The van der Waals surface area contributed by atoms with E-state index in [1.165, 1.54) is 0 Å². The first-order valence-electron chi connectivity index (χ1n) is 11.3. The minimum atomic E-state index is -3.54. The molecule has 6 nitrogen and oxygen atoms in total. The van der Waals surface area contributed by atoms with Gasteiger partial charge in [-0.2, -0.15) is 4.31 Å². The molecule has 0 saturated carbocycles. The Balaban J connectivity index is 1.30. The van der Waals surface area contributed by atoms with Gasteiger partial charge in [0.25, 0.3) is 0 Å². The van der Waals surface area contributed by atoms with Crippen LogP contribution in [0.4, 0.5) is 0 Å². The first kappa shape index (κ1) is 23.7. The number of β-amino-alcohol motifs (C(OH)–C–C–N with tert-alkyl or cyclic N) is 1. The lowest BCUT2D eigenvalue weighted by molar-refractivity contribution is 0.0569. The van der Waals surface area contributed by atoms with Crippen LogP contribution in [0.25, 0.3) is 10.8 Å². The van der Waals surface area contributed by atoms with Crippen molar-refractivity contribution in [1.29, 1.82) is 0 Å². The molecule has 1 atom stereocenters. The third-order valence-corrected chi connectivity index (χ3v) is 8.37. The number of rotatable bonds is 7. The Bertz CT molecular complexity index is 1210. The molecule has 7 heteroatoms. The number of fused-ring (bicyclic) bond motifs is 1. The van der Waals surface area contributed by atoms with Gasteiger partial charge in [-0.25, -0.2) is 8.42 Å². The summed E-state index contributed by atoms with van der Waals surface area (Å²) in [7, 11) is -3.54. The molecule has 3 aromatic rings. The number of aryl methyl sites for hydroxylation is 3. The Morgan fingerprint density at radius 1 is 0.909 bits per heavy atom. The molecule has 176 valence electrons. The van der Waals surface area contributed by atoms with Crippen LogP contribution < -0.4 is 4.74 Å². The topological polar surface area (TPSA) is 70.1 Å². The van der Waals surface area contributed by atoms with Crippen LogP contribution in [0.5, 0.6) is 5.75 Å². The largest absolute Gasteiger partial charge is 0.491 e. The summed E-state index contributed by atoms with van der Waals surface area (Å²) in [6.45, 7) is 8.31. The number of hydrogen-bond donors (Lipinski definition) is 1. The van der Waals surface area contributed by atoms with E-state index in [-0.39, 0.29) is 6.61 Å². The van der Waals surface area contributed by atoms with Crippen LogP contribution in [0.2, 0.25) is 0 Å². The van der Waals surface area contributed by atoms with Crippen molar-refractivity contribution in [3.63, 3.8) is 0 Å². The summed E-state index contributed by atoms with van der Waals surface area (Å²) >= 11 is 0. The standard InChI is InChI=1S/C26H32N2O4S/c1-19-14-20(2)26(21(3)15-19)33(30,31)28-12-10-27(11-13-28)17-24(29)18-32-25-9-8-22-6-4-5-7-23(22)16-25/h4-9,14-16,24,29H,10-13,17-18H2,1-3H3. The zero-order valence-electron chi connectivity index (χ0n) is 19.5. The summed E-state index contributed by atoms with van der Waals surface area (Å²) in [5.41, 5.74) is 2.64. The van der Waals surface area contributed by atoms with E-state index in [0.29, 0.717) is 37.6 Å². The monoisotopic (exact) mass is 468 g/mol. The van der Waals surface area contributed by atoms with Crippen LogP contribution in [0.1, 0.15) is 16.7 Å². The average Bonchev–Trinajstić information content (AvgIpc) is 2.77. The lowest BCUT2D eigenvalue weighted by Gasteiger charge is -2.35.